The third-order valence-corrected chi connectivity index (χ3v) is 5.25. The zero-order valence-corrected chi connectivity index (χ0v) is 15.3. The molecule has 3 aliphatic rings. The summed E-state index contributed by atoms with van der Waals surface area (Å²) in [4.78, 5) is 7.27. The Morgan fingerprint density at radius 2 is 2.00 bits per heavy atom. The molecule has 5 nitrogen and oxygen atoms in total. The van der Waals surface area contributed by atoms with Gasteiger partial charge in [-0.3, -0.25) is 4.99 Å². The highest BCUT2D eigenvalue weighted by Gasteiger charge is 2.32. The van der Waals surface area contributed by atoms with Crippen molar-refractivity contribution in [3.63, 3.8) is 0 Å². The van der Waals surface area contributed by atoms with Gasteiger partial charge in [-0.25, -0.2) is 0 Å². The number of likely N-dealkylation sites (tertiary alicyclic amines) is 1. The number of para-hydroxylation sites is 1. The van der Waals surface area contributed by atoms with Crippen molar-refractivity contribution in [2.45, 2.75) is 25.7 Å². The van der Waals surface area contributed by atoms with E-state index in [1.54, 1.807) is 0 Å². The van der Waals surface area contributed by atoms with Crippen LogP contribution in [-0.2, 0) is 6.42 Å². The fourth-order valence-electron chi connectivity index (χ4n) is 3.75. The molecular formula is C19H26ClN3O2. The van der Waals surface area contributed by atoms with Crippen molar-refractivity contribution in [1.82, 2.24) is 4.90 Å². The summed E-state index contributed by atoms with van der Waals surface area (Å²) < 4.78 is 11.1. The molecule has 1 saturated heterocycles. The van der Waals surface area contributed by atoms with Crippen LogP contribution in [0.3, 0.4) is 0 Å². The second-order valence-electron chi connectivity index (χ2n) is 6.95. The largest absolute Gasteiger partial charge is 0.454 e. The van der Waals surface area contributed by atoms with E-state index in [9.17, 15) is 0 Å². The number of rotatable bonds is 3. The molecule has 25 heavy (non-hydrogen) atoms. The van der Waals surface area contributed by atoms with Crippen molar-refractivity contribution in [3.8, 4) is 11.5 Å². The van der Waals surface area contributed by atoms with Crippen molar-refractivity contribution in [2.75, 3.05) is 33.0 Å². The molecule has 136 valence electrons. The van der Waals surface area contributed by atoms with Crippen LogP contribution in [0.1, 0.15) is 24.8 Å². The standard InChI is InChI=1S/C19H25N3O2.ClH/c20-12-19(11-15-5-4-6-16-18(15)24-14-23-16)8-7-17(21-13-19)22-9-2-1-3-10-22;/h4-8H,1-3,9-14,20H2;1H. The van der Waals surface area contributed by atoms with Crippen LogP contribution < -0.4 is 15.2 Å². The minimum absolute atomic E-state index is 0. The summed E-state index contributed by atoms with van der Waals surface area (Å²) in [5, 5.41) is 0. The first-order valence-corrected chi connectivity index (χ1v) is 8.86. The first kappa shape index (κ1) is 18.1. The van der Waals surface area contributed by atoms with Crippen LogP contribution in [0.15, 0.2) is 35.3 Å². The molecule has 0 spiro atoms. The summed E-state index contributed by atoms with van der Waals surface area (Å²) in [7, 11) is 0. The van der Waals surface area contributed by atoms with Gasteiger partial charge in [-0.05, 0) is 43.4 Å². The second kappa shape index (κ2) is 7.67. The summed E-state index contributed by atoms with van der Waals surface area (Å²) in [6.07, 6.45) is 9.12. The number of piperidine rings is 1. The quantitative estimate of drug-likeness (QED) is 0.897. The van der Waals surface area contributed by atoms with Crippen molar-refractivity contribution < 1.29 is 9.47 Å². The predicted octanol–water partition coefficient (Wildman–Crippen LogP) is 2.78. The Morgan fingerprint density at radius 1 is 1.16 bits per heavy atom. The SMILES string of the molecule is Cl.NCC1(Cc2cccc3c2OCO3)C=CC(N2CCCCC2)=NC1. The zero-order valence-electron chi connectivity index (χ0n) is 14.4. The Bertz CT molecular complexity index is 671. The highest BCUT2D eigenvalue weighted by Crippen LogP contribution is 2.39. The van der Waals surface area contributed by atoms with Crippen molar-refractivity contribution in [1.29, 1.82) is 0 Å². The fraction of sp³-hybridized carbons (Fsp3) is 0.526. The lowest BCUT2D eigenvalue weighted by atomic mass is 9.79. The number of dihydropyridines is 1. The minimum Gasteiger partial charge on any atom is -0.454 e. The smallest absolute Gasteiger partial charge is 0.231 e. The van der Waals surface area contributed by atoms with E-state index in [1.165, 1.54) is 19.3 Å². The lowest BCUT2D eigenvalue weighted by Gasteiger charge is -2.35. The van der Waals surface area contributed by atoms with Gasteiger partial charge in [-0.15, -0.1) is 12.4 Å². The number of benzene rings is 1. The second-order valence-corrected chi connectivity index (χ2v) is 6.95. The van der Waals surface area contributed by atoms with Gasteiger partial charge in [0.15, 0.2) is 11.5 Å². The lowest BCUT2D eigenvalue weighted by Crippen LogP contribution is -2.41. The molecule has 4 rings (SSSR count). The van der Waals surface area contributed by atoms with Crippen LogP contribution in [0.5, 0.6) is 11.5 Å². The molecule has 0 aliphatic carbocycles. The van der Waals surface area contributed by atoms with Crippen LogP contribution >= 0.6 is 12.4 Å². The highest BCUT2D eigenvalue weighted by molar-refractivity contribution is 5.93. The number of ether oxygens (including phenoxy) is 2. The first-order valence-electron chi connectivity index (χ1n) is 8.86. The third-order valence-electron chi connectivity index (χ3n) is 5.25. The number of aliphatic imine (C=N–C) groups is 1. The highest BCUT2D eigenvalue weighted by atomic mass is 35.5. The summed E-state index contributed by atoms with van der Waals surface area (Å²) in [5.74, 6) is 2.82. The van der Waals surface area contributed by atoms with E-state index >= 15 is 0 Å². The topological polar surface area (TPSA) is 60.1 Å². The fourth-order valence-corrected chi connectivity index (χ4v) is 3.75. The van der Waals surface area contributed by atoms with E-state index in [4.69, 9.17) is 20.2 Å². The Morgan fingerprint density at radius 3 is 2.72 bits per heavy atom. The maximum atomic E-state index is 6.15. The molecule has 1 fully saturated rings. The molecule has 0 radical (unpaired) electrons. The number of fused-ring (bicyclic) bond motifs is 1. The summed E-state index contributed by atoms with van der Waals surface area (Å²) in [6.45, 7) is 3.85. The normalized spacial score (nSPS) is 24.7. The number of halogens is 1. The zero-order chi connectivity index (χ0) is 16.4. The number of hydrogen-bond donors (Lipinski definition) is 1. The Balaban J connectivity index is 0.00000182. The van der Waals surface area contributed by atoms with Crippen molar-refractivity contribution >= 4 is 18.2 Å². The molecule has 2 N–H and O–H groups in total. The third kappa shape index (κ3) is 3.62. The average molecular weight is 364 g/mol. The molecule has 0 saturated carbocycles. The van der Waals surface area contributed by atoms with E-state index in [2.05, 4.69) is 23.1 Å². The molecule has 1 unspecified atom stereocenters. The van der Waals surface area contributed by atoms with Crippen molar-refractivity contribution in [3.05, 3.63) is 35.9 Å². The van der Waals surface area contributed by atoms with Crippen molar-refractivity contribution in [2.24, 2.45) is 16.1 Å². The molecule has 1 atom stereocenters. The molecule has 1 aromatic rings. The summed E-state index contributed by atoms with van der Waals surface area (Å²) in [6, 6.07) is 6.06. The van der Waals surface area contributed by atoms with Gasteiger partial charge in [0.05, 0.1) is 6.54 Å². The van der Waals surface area contributed by atoms with E-state index < -0.39 is 0 Å². The molecular weight excluding hydrogens is 338 g/mol. The Hall–Kier alpha value is -1.72. The van der Waals surface area contributed by atoms with Gasteiger partial charge in [-0.1, -0.05) is 18.2 Å². The molecule has 6 heteroatoms. The van der Waals surface area contributed by atoms with Gasteiger partial charge in [0, 0.05) is 25.0 Å². The lowest BCUT2D eigenvalue weighted by molar-refractivity contribution is 0.172. The average Bonchev–Trinajstić information content (AvgIpc) is 3.13. The van der Waals surface area contributed by atoms with Crippen LogP contribution in [0.2, 0.25) is 0 Å². The number of hydrogen-bond acceptors (Lipinski definition) is 5. The Kier molecular flexibility index (Phi) is 5.54. The molecule has 1 aromatic carbocycles. The minimum atomic E-state index is -0.139. The van der Waals surface area contributed by atoms with Gasteiger partial charge < -0.3 is 20.1 Å². The van der Waals surface area contributed by atoms with Gasteiger partial charge in [0.2, 0.25) is 6.79 Å². The van der Waals surface area contributed by atoms with E-state index in [1.807, 2.05) is 12.1 Å². The van der Waals surface area contributed by atoms with Crippen LogP contribution in [-0.4, -0.2) is 43.7 Å². The molecule has 0 aromatic heterocycles. The molecule has 3 aliphatic heterocycles. The maximum Gasteiger partial charge on any atom is 0.231 e. The molecule has 3 heterocycles. The van der Waals surface area contributed by atoms with E-state index in [-0.39, 0.29) is 17.8 Å². The predicted molar refractivity (Wildman–Crippen MR) is 102 cm³/mol. The molecule has 0 bridgehead atoms. The number of amidine groups is 1. The van der Waals surface area contributed by atoms with Crippen LogP contribution in [0.4, 0.5) is 0 Å². The van der Waals surface area contributed by atoms with Gasteiger partial charge >= 0.3 is 0 Å². The van der Waals surface area contributed by atoms with Gasteiger partial charge in [0.25, 0.3) is 0 Å². The summed E-state index contributed by atoms with van der Waals surface area (Å²) in [5.41, 5.74) is 7.16. The first-order chi connectivity index (χ1) is 11.8. The van der Waals surface area contributed by atoms with Gasteiger partial charge in [-0.2, -0.15) is 0 Å². The van der Waals surface area contributed by atoms with E-state index in [0.29, 0.717) is 13.3 Å². The van der Waals surface area contributed by atoms with E-state index in [0.717, 1.165) is 49.0 Å². The summed E-state index contributed by atoms with van der Waals surface area (Å²) >= 11 is 0. The number of nitrogens with zero attached hydrogens (tertiary/aromatic N) is 2. The maximum absolute atomic E-state index is 6.15. The van der Waals surface area contributed by atoms with Crippen LogP contribution in [0.25, 0.3) is 0 Å². The molecule has 0 amide bonds. The monoisotopic (exact) mass is 363 g/mol. The number of nitrogens with two attached hydrogens (primary N) is 1. The Labute approximate surface area is 155 Å². The van der Waals surface area contributed by atoms with Gasteiger partial charge in [0.1, 0.15) is 5.84 Å². The van der Waals surface area contributed by atoms with Crippen LogP contribution in [0, 0.1) is 5.41 Å².